The number of halogens is 1. The Hall–Kier alpha value is -1.53. The van der Waals surface area contributed by atoms with E-state index in [0.717, 1.165) is 18.9 Å². The first kappa shape index (κ1) is 13.9. The zero-order valence-electron chi connectivity index (χ0n) is 10.8. The predicted molar refractivity (Wildman–Crippen MR) is 68.3 cm³/mol. The maximum Gasteiger partial charge on any atom is 0.272 e. The molecule has 0 atom stereocenters. The molecule has 0 unspecified atom stereocenters. The van der Waals surface area contributed by atoms with Gasteiger partial charge in [0.2, 0.25) is 0 Å². The molecule has 1 aromatic carbocycles. The van der Waals surface area contributed by atoms with Crippen LogP contribution in [0.2, 0.25) is 0 Å². The zero-order chi connectivity index (χ0) is 13.8. The molecule has 1 fully saturated rings. The molecule has 104 valence electrons. The van der Waals surface area contributed by atoms with E-state index in [2.05, 4.69) is 5.32 Å². The Labute approximate surface area is 110 Å². The van der Waals surface area contributed by atoms with Gasteiger partial charge in [-0.05, 0) is 31.4 Å². The number of non-ortho nitro benzene ring substituents is 1. The Morgan fingerprint density at radius 2 is 2.21 bits per heavy atom. The molecule has 0 heterocycles. The predicted octanol–water partition coefficient (Wildman–Crippen LogP) is 2.39. The highest BCUT2D eigenvalue weighted by Gasteiger charge is 2.28. The first-order valence-electron chi connectivity index (χ1n) is 6.37. The smallest absolute Gasteiger partial charge is 0.272 e. The number of rotatable bonds is 6. The van der Waals surface area contributed by atoms with E-state index in [-0.39, 0.29) is 5.69 Å². The van der Waals surface area contributed by atoms with Gasteiger partial charge in [0.05, 0.1) is 17.1 Å². The van der Waals surface area contributed by atoms with Gasteiger partial charge < -0.3 is 10.1 Å². The largest absolute Gasteiger partial charge is 0.378 e. The molecule has 0 amide bonds. The van der Waals surface area contributed by atoms with Crippen LogP contribution in [0.4, 0.5) is 10.1 Å². The van der Waals surface area contributed by atoms with Crippen molar-refractivity contribution in [2.45, 2.75) is 38.5 Å². The summed E-state index contributed by atoms with van der Waals surface area (Å²) in [6.07, 6.45) is 2.18. The van der Waals surface area contributed by atoms with E-state index in [9.17, 15) is 14.5 Å². The molecule has 1 N–H and O–H groups in total. The molecule has 0 aromatic heterocycles. The lowest BCUT2D eigenvalue weighted by Gasteiger charge is -2.35. The summed E-state index contributed by atoms with van der Waals surface area (Å²) in [5.74, 6) is -0.577. The van der Waals surface area contributed by atoms with Crippen LogP contribution in [0.15, 0.2) is 18.2 Å². The van der Waals surface area contributed by atoms with E-state index in [1.54, 1.807) is 0 Å². The molecule has 6 heteroatoms. The number of nitro benzene ring substituents is 1. The minimum Gasteiger partial charge on any atom is -0.378 e. The first-order valence-corrected chi connectivity index (χ1v) is 6.37. The fourth-order valence-electron chi connectivity index (χ4n) is 2.21. The second kappa shape index (κ2) is 6.08. The van der Waals surface area contributed by atoms with E-state index in [1.165, 1.54) is 12.1 Å². The van der Waals surface area contributed by atoms with Crippen molar-refractivity contribution in [2.75, 3.05) is 6.61 Å². The van der Waals surface area contributed by atoms with Crippen LogP contribution in [0.5, 0.6) is 0 Å². The second-order valence-corrected chi connectivity index (χ2v) is 4.70. The van der Waals surface area contributed by atoms with Crippen LogP contribution < -0.4 is 5.32 Å². The number of nitro groups is 1. The number of nitrogens with one attached hydrogen (secondary N) is 1. The fourth-order valence-corrected chi connectivity index (χ4v) is 2.21. The Kier molecular flexibility index (Phi) is 4.44. The molecule has 2 rings (SSSR count). The van der Waals surface area contributed by atoms with Crippen molar-refractivity contribution >= 4 is 5.69 Å². The zero-order valence-corrected chi connectivity index (χ0v) is 10.8. The second-order valence-electron chi connectivity index (χ2n) is 4.70. The lowest BCUT2D eigenvalue weighted by molar-refractivity contribution is -0.385. The van der Waals surface area contributed by atoms with Crippen molar-refractivity contribution in [1.29, 1.82) is 0 Å². The highest BCUT2D eigenvalue weighted by Crippen LogP contribution is 2.24. The van der Waals surface area contributed by atoms with Gasteiger partial charge in [0, 0.05) is 25.3 Å². The Morgan fingerprint density at radius 1 is 1.47 bits per heavy atom. The summed E-state index contributed by atoms with van der Waals surface area (Å²) in [6.45, 7) is 3.11. The maximum absolute atomic E-state index is 13.2. The molecule has 1 saturated carbocycles. The molecule has 0 radical (unpaired) electrons. The van der Waals surface area contributed by atoms with E-state index < -0.39 is 10.7 Å². The van der Waals surface area contributed by atoms with Crippen LogP contribution >= 0.6 is 0 Å². The number of ether oxygens (including phenoxy) is 1. The minimum absolute atomic E-state index is 0.211. The van der Waals surface area contributed by atoms with Crippen molar-refractivity contribution in [3.05, 3.63) is 39.7 Å². The molecule has 19 heavy (non-hydrogen) atoms. The molecule has 0 aliphatic heterocycles. The minimum atomic E-state index is -0.582. The highest BCUT2D eigenvalue weighted by molar-refractivity contribution is 5.35. The number of nitrogens with zero attached hydrogens (tertiary/aromatic N) is 1. The van der Waals surface area contributed by atoms with Crippen LogP contribution in [0, 0.1) is 15.9 Å². The highest BCUT2D eigenvalue weighted by atomic mass is 19.1. The van der Waals surface area contributed by atoms with Crippen molar-refractivity contribution < 1.29 is 14.1 Å². The molecule has 0 bridgehead atoms. The SMILES string of the molecule is CCOC1CC(NCc2cc(F)cc([N+](=O)[O-])c2)C1. The fraction of sp³-hybridized carbons (Fsp3) is 0.538. The standard InChI is InChI=1S/C13H17FN2O3/c1-2-19-13-6-11(7-13)15-8-9-3-10(14)5-12(4-9)16(17)18/h3-5,11,13,15H,2,6-8H2,1H3. The van der Waals surface area contributed by atoms with Crippen LogP contribution in [-0.2, 0) is 11.3 Å². The van der Waals surface area contributed by atoms with Crippen LogP contribution in [0.25, 0.3) is 0 Å². The third-order valence-electron chi connectivity index (χ3n) is 3.25. The number of hydrogen-bond donors (Lipinski definition) is 1. The monoisotopic (exact) mass is 268 g/mol. The Morgan fingerprint density at radius 3 is 2.84 bits per heavy atom. The van der Waals surface area contributed by atoms with Gasteiger partial charge in [-0.3, -0.25) is 10.1 Å². The van der Waals surface area contributed by atoms with Gasteiger partial charge >= 0.3 is 0 Å². The average Bonchev–Trinajstić information content (AvgIpc) is 2.31. The summed E-state index contributed by atoms with van der Waals surface area (Å²) < 4.78 is 18.7. The van der Waals surface area contributed by atoms with Gasteiger partial charge in [-0.1, -0.05) is 0 Å². The summed E-state index contributed by atoms with van der Waals surface area (Å²) in [6, 6.07) is 3.99. The van der Waals surface area contributed by atoms with Gasteiger partial charge in [0.15, 0.2) is 0 Å². The summed E-state index contributed by atoms with van der Waals surface area (Å²) in [5, 5.41) is 13.9. The lowest BCUT2D eigenvalue weighted by atomic mass is 9.89. The summed E-state index contributed by atoms with van der Waals surface area (Å²) in [7, 11) is 0. The molecule has 0 saturated heterocycles. The Bertz CT molecular complexity index is 461. The third kappa shape index (κ3) is 3.71. The van der Waals surface area contributed by atoms with Crippen molar-refractivity contribution in [2.24, 2.45) is 0 Å². The van der Waals surface area contributed by atoms with Crippen molar-refractivity contribution in [3.8, 4) is 0 Å². The maximum atomic E-state index is 13.2. The molecular weight excluding hydrogens is 251 g/mol. The molecule has 5 nitrogen and oxygen atoms in total. The summed E-state index contributed by atoms with van der Waals surface area (Å²) in [5.41, 5.74) is 0.379. The normalized spacial score (nSPS) is 22.0. The van der Waals surface area contributed by atoms with Gasteiger partial charge in [0.25, 0.3) is 5.69 Å². The third-order valence-corrected chi connectivity index (χ3v) is 3.25. The molecule has 1 aliphatic rings. The van der Waals surface area contributed by atoms with Crippen LogP contribution in [0.1, 0.15) is 25.3 Å². The van der Waals surface area contributed by atoms with E-state index in [4.69, 9.17) is 4.74 Å². The topological polar surface area (TPSA) is 64.4 Å². The first-order chi connectivity index (χ1) is 9.08. The lowest BCUT2D eigenvalue weighted by Crippen LogP contribution is -2.45. The molecule has 1 aliphatic carbocycles. The van der Waals surface area contributed by atoms with E-state index >= 15 is 0 Å². The van der Waals surface area contributed by atoms with Gasteiger partial charge in [-0.25, -0.2) is 4.39 Å². The molecular formula is C13H17FN2O3. The average molecular weight is 268 g/mol. The van der Waals surface area contributed by atoms with E-state index in [1.807, 2.05) is 6.92 Å². The van der Waals surface area contributed by atoms with Gasteiger partial charge in [-0.2, -0.15) is 0 Å². The Balaban J connectivity index is 1.85. The van der Waals surface area contributed by atoms with Gasteiger partial charge in [-0.15, -0.1) is 0 Å². The summed E-state index contributed by atoms with van der Waals surface area (Å²) in [4.78, 5) is 10.0. The summed E-state index contributed by atoms with van der Waals surface area (Å²) >= 11 is 0. The number of hydrogen-bond acceptors (Lipinski definition) is 4. The van der Waals surface area contributed by atoms with Crippen molar-refractivity contribution in [3.63, 3.8) is 0 Å². The van der Waals surface area contributed by atoms with E-state index in [0.29, 0.717) is 30.9 Å². The molecule has 0 spiro atoms. The molecule has 1 aromatic rings. The number of benzene rings is 1. The van der Waals surface area contributed by atoms with Crippen molar-refractivity contribution in [1.82, 2.24) is 5.32 Å². The van der Waals surface area contributed by atoms with Crippen LogP contribution in [-0.4, -0.2) is 23.7 Å². The quantitative estimate of drug-likeness (QED) is 0.635. The van der Waals surface area contributed by atoms with Gasteiger partial charge in [0.1, 0.15) is 5.82 Å². The van der Waals surface area contributed by atoms with Crippen LogP contribution in [0.3, 0.4) is 0 Å².